The van der Waals surface area contributed by atoms with Crippen LogP contribution in [0, 0.1) is 0 Å². The summed E-state index contributed by atoms with van der Waals surface area (Å²) in [6, 6.07) is 5.78. The highest BCUT2D eigenvalue weighted by atomic mass is 32.2. The molecule has 0 aliphatic carbocycles. The summed E-state index contributed by atoms with van der Waals surface area (Å²) in [6.45, 7) is 3.27. The number of methoxy groups -OCH3 is 1. The predicted octanol–water partition coefficient (Wildman–Crippen LogP) is 3.28. The van der Waals surface area contributed by atoms with Crippen molar-refractivity contribution in [3.05, 3.63) is 18.2 Å². The van der Waals surface area contributed by atoms with Crippen molar-refractivity contribution in [1.29, 1.82) is 0 Å². The average Bonchev–Trinajstić information content (AvgIpc) is 2.50. The summed E-state index contributed by atoms with van der Waals surface area (Å²) in [5.74, 6) is 1.35. The van der Waals surface area contributed by atoms with Crippen molar-refractivity contribution in [3.8, 4) is 11.5 Å². The van der Waals surface area contributed by atoms with E-state index >= 15 is 0 Å². The number of carbonyl (C=O) groups is 1. The van der Waals surface area contributed by atoms with Crippen LogP contribution in [0.15, 0.2) is 23.1 Å². The number of esters is 1. The van der Waals surface area contributed by atoms with Gasteiger partial charge in [-0.15, -0.1) is 11.8 Å². The van der Waals surface area contributed by atoms with Gasteiger partial charge in [0.05, 0.1) is 7.11 Å². The lowest BCUT2D eigenvalue weighted by molar-refractivity contribution is -0.140. The first-order valence-electron chi connectivity index (χ1n) is 6.88. The largest absolute Gasteiger partial charge is 0.486 e. The Morgan fingerprint density at radius 2 is 2.10 bits per heavy atom. The highest BCUT2D eigenvalue weighted by Crippen LogP contribution is 2.36. The van der Waals surface area contributed by atoms with E-state index in [0.717, 1.165) is 35.7 Å². The maximum atomic E-state index is 11.8. The van der Waals surface area contributed by atoms with Crippen LogP contribution in [-0.4, -0.2) is 31.5 Å². The number of rotatable bonds is 6. The molecule has 0 aromatic heterocycles. The van der Waals surface area contributed by atoms with Gasteiger partial charge in [0.1, 0.15) is 18.5 Å². The average molecular weight is 296 g/mol. The molecule has 0 fully saturated rings. The van der Waals surface area contributed by atoms with E-state index in [1.807, 2.05) is 18.2 Å². The summed E-state index contributed by atoms with van der Waals surface area (Å²) in [5.41, 5.74) is 0. The molecular formula is C15H20O4S. The highest BCUT2D eigenvalue weighted by molar-refractivity contribution is 8.00. The smallest absolute Gasteiger partial charge is 0.319 e. The fourth-order valence-corrected chi connectivity index (χ4v) is 3.13. The van der Waals surface area contributed by atoms with Crippen molar-refractivity contribution in [3.63, 3.8) is 0 Å². The van der Waals surface area contributed by atoms with Gasteiger partial charge in [-0.2, -0.15) is 0 Å². The lowest BCUT2D eigenvalue weighted by Gasteiger charge is -2.20. The second-order valence-corrected chi connectivity index (χ2v) is 5.85. The van der Waals surface area contributed by atoms with E-state index in [2.05, 4.69) is 6.92 Å². The molecule has 5 heteroatoms. The topological polar surface area (TPSA) is 44.8 Å². The Morgan fingerprint density at radius 1 is 1.35 bits per heavy atom. The van der Waals surface area contributed by atoms with Crippen molar-refractivity contribution in [2.24, 2.45) is 0 Å². The highest BCUT2D eigenvalue weighted by Gasteiger charge is 2.21. The number of thioether (sulfide) groups is 1. The number of unbranched alkanes of at least 4 members (excludes halogenated alkanes) is 1. The monoisotopic (exact) mass is 296 g/mol. The zero-order valence-corrected chi connectivity index (χ0v) is 12.7. The van der Waals surface area contributed by atoms with E-state index in [9.17, 15) is 4.79 Å². The van der Waals surface area contributed by atoms with Gasteiger partial charge in [0.2, 0.25) is 0 Å². The second-order valence-electron chi connectivity index (χ2n) is 4.58. The molecule has 1 heterocycles. The molecule has 0 amide bonds. The zero-order valence-electron chi connectivity index (χ0n) is 11.9. The van der Waals surface area contributed by atoms with Crippen LogP contribution < -0.4 is 9.47 Å². The van der Waals surface area contributed by atoms with E-state index in [0.29, 0.717) is 13.2 Å². The molecule has 1 aliphatic heterocycles. The Balaban J connectivity index is 2.07. The van der Waals surface area contributed by atoms with Gasteiger partial charge in [-0.05, 0) is 24.6 Å². The quantitative estimate of drug-likeness (QED) is 0.595. The van der Waals surface area contributed by atoms with Crippen LogP contribution in [0.4, 0.5) is 0 Å². The third-order valence-corrected chi connectivity index (χ3v) is 4.31. The zero-order chi connectivity index (χ0) is 14.4. The van der Waals surface area contributed by atoms with Crippen LogP contribution in [0.25, 0.3) is 0 Å². The molecule has 0 spiro atoms. The van der Waals surface area contributed by atoms with Gasteiger partial charge < -0.3 is 14.2 Å². The second kappa shape index (κ2) is 7.43. The number of benzene rings is 1. The maximum absolute atomic E-state index is 11.8. The molecule has 0 radical (unpaired) electrons. The minimum Gasteiger partial charge on any atom is -0.486 e. The summed E-state index contributed by atoms with van der Waals surface area (Å²) in [4.78, 5) is 12.8. The molecule has 1 aromatic rings. The molecule has 0 bridgehead atoms. The van der Waals surface area contributed by atoms with Crippen LogP contribution >= 0.6 is 11.8 Å². The van der Waals surface area contributed by atoms with E-state index in [-0.39, 0.29) is 11.2 Å². The van der Waals surface area contributed by atoms with E-state index in [1.54, 1.807) is 0 Å². The minimum atomic E-state index is -0.168. The Hall–Kier alpha value is -1.36. The summed E-state index contributed by atoms with van der Waals surface area (Å²) < 4.78 is 15.9. The van der Waals surface area contributed by atoms with E-state index in [1.165, 1.54) is 18.9 Å². The lowest BCUT2D eigenvalue weighted by Crippen LogP contribution is -2.19. The third-order valence-electron chi connectivity index (χ3n) is 3.08. The van der Waals surface area contributed by atoms with Crippen molar-refractivity contribution in [2.45, 2.75) is 36.3 Å². The minimum absolute atomic E-state index is 0.164. The van der Waals surface area contributed by atoms with Crippen molar-refractivity contribution >= 4 is 17.7 Å². The number of fused-ring (bicyclic) bond motifs is 1. The summed E-state index contributed by atoms with van der Waals surface area (Å²) in [5, 5.41) is -0.164. The standard InChI is InChI=1S/C15H20O4S/c1-3-4-5-14(15(16)17-2)20-11-6-7-12-13(10-11)19-9-8-18-12/h6-7,10,14H,3-5,8-9H2,1-2H3. The fourth-order valence-electron chi connectivity index (χ4n) is 2.01. The molecule has 2 rings (SSSR count). The molecule has 110 valence electrons. The van der Waals surface area contributed by atoms with Gasteiger partial charge in [0.25, 0.3) is 0 Å². The maximum Gasteiger partial charge on any atom is 0.319 e. The van der Waals surface area contributed by atoms with Gasteiger partial charge in [0.15, 0.2) is 11.5 Å². The number of hydrogen-bond donors (Lipinski definition) is 0. The molecule has 1 unspecified atom stereocenters. The lowest BCUT2D eigenvalue weighted by atomic mass is 10.2. The van der Waals surface area contributed by atoms with Crippen LogP contribution in [-0.2, 0) is 9.53 Å². The van der Waals surface area contributed by atoms with Crippen LogP contribution in [0.2, 0.25) is 0 Å². The molecule has 0 saturated carbocycles. The Labute approximate surface area is 123 Å². The van der Waals surface area contributed by atoms with E-state index in [4.69, 9.17) is 14.2 Å². The summed E-state index contributed by atoms with van der Waals surface area (Å²) >= 11 is 1.52. The van der Waals surface area contributed by atoms with Gasteiger partial charge in [-0.1, -0.05) is 19.8 Å². The Morgan fingerprint density at radius 3 is 2.80 bits per heavy atom. The first kappa shape index (κ1) is 15.0. The molecule has 1 aromatic carbocycles. The van der Waals surface area contributed by atoms with Crippen LogP contribution in [0.5, 0.6) is 11.5 Å². The van der Waals surface area contributed by atoms with Gasteiger partial charge in [0, 0.05) is 4.90 Å². The number of carbonyl (C=O) groups excluding carboxylic acids is 1. The first-order chi connectivity index (χ1) is 9.74. The Bertz CT molecular complexity index is 461. The summed E-state index contributed by atoms with van der Waals surface area (Å²) in [6.07, 6.45) is 2.90. The molecular weight excluding hydrogens is 276 g/mol. The molecule has 20 heavy (non-hydrogen) atoms. The summed E-state index contributed by atoms with van der Waals surface area (Å²) in [7, 11) is 1.44. The molecule has 1 aliphatic rings. The van der Waals surface area contributed by atoms with Crippen molar-refractivity contribution in [2.75, 3.05) is 20.3 Å². The number of ether oxygens (including phenoxy) is 3. The fraction of sp³-hybridized carbons (Fsp3) is 0.533. The molecule has 1 atom stereocenters. The van der Waals surface area contributed by atoms with Gasteiger partial charge >= 0.3 is 5.97 Å². The van der Waals surface area contributed by atoms with Crippen LogP contribution in [0.3, 0.4) is 0 Å². The van der Waals surface area contributed by atoms with Crippen molar-refractivity contribution < 1.29 is 19.0 Å². The third kappa shape index (κ3) is 3.82. The normalized spacial score (nSPS) is 14.7. The first-order valence-corrected chi connectivity index (χ1v) is 7.76. The van der Waals surface area contributed by atoms with Gasteiger partial charge in [-0.3, -0.25) is 4.79 Å². The van der Waals surface area contributed by atoms with Gasteiger partial charge in [-0.25, -0.2) is 0 Å². The van der Waals surface area contributed by atoms with Crippen molar-refractivity contribution in [1.82, 2.24) is 0 Å². The molecule has 0 saturated heterocycles. The SMILES string of the molecule is CCCCC(Sc1ccc2c(c1)OCCO2)C(=O)OC. The Kier molecular flexibility index (Phi) is 5.59. The van der Waals surface area contributed by atoms with Crippen LogP contribution in [0.1, 0.15) is 26.2 Å². The number of hydrogen-bond acceptors (Lipinski definition) is 5. The predicted molar refractivity (Wildman–Crippen MR) is 78.6 cm³/mol. The molecule has 4 nitrogen and oxygen atoms in total. The van der Waals surface area contributed by atoms with E-state index < -0.39 is 0 Å². The molecule has 0 N–H and O–H groups in total.